The molecule has 0 bridgehead atoms. The molecule has 2 N–H and O–H groups in total. The van der Waals surface area contributed by atoms with Gasteiger partial charge >= 0.3 is 0 Å². The van der Waals surface area contributed by atoms with Crippen LogP contribution in [0.2, 0.25) is 4.34 Å². The molecule has 0 spiro atoms. The van der Waals surface area contributed by atoms with Gasteiger partial charge in [0.2, 0.25) is 5.91 Å². The highest BCUT2D eigenvalue weighted by Crippen LogP contribution is 2.22. The molecule has 1 rings (SSSR count). The van der Waals surface area contributed by atoms with Crippen LogP contribution in [0, 0.1) is 0 Å². The van der Waals surface area contributed by atoms with E-state index in [1.54, 1.807) is 12.1 Å². The minimum Gasteiger partial charge on any atom is -0.396 e. The van der Waals surface area contributed by atoms with Crippen molar-refractivity contribution in [1.82, 2.24) is 5.32 Å². The monoisotopic (exact) mass is 287 g/mol. The number of thiophene rings is 1. The molecular weight excluding hydrogens is 270 g/mol. The van der Waals surface area contributed by atoms with E-state index in [0.29, 0.717) is 10.8 Å². The molecular formula is C13H18ClNO2S. The molecule has 0 saturated heterocycles. The minimum atomic E-state index is -0.358. The zero-order valence-electron chi connectivity index (χ0n) is 10.6. The Morgan fingerprint density at radius 1 is 1.61 bits per heavy atom. The lowest BCUT2D eigenvalue weighted by Gasteiger charge is -2.28. The first-order valence-corrected chi connectivity index (χ1v) is 7.05. The summed E-state index contributed by atoms with van der Waals surface area (Å²) in [5.41, 5.74) is -0.358. The third-order valence-corrected chi connectivity index (χ3v) is 4.06. The predicted octanol–water partition coefficient (Wildman–Crippen LogP) is 3.08. The van der Waals surface area contributed by atoms with Crippen LogP contribution in [0.25, 0.3) is 6.08 Å². The van der Waals surface area contributed by atoms with Crippen molar-refractivity contribution in [3.05, 3.63) is 27.4 Å². The second-order valence-corrected chi connectivity index (χ2v) is 6.10. The molecule has 0 aliphatic rings. The first-order valence-electron chi connectivity index (χ1n) is 5.85. The van der Waals surface area contributed by atoms with Crippen molar-refractivity contribution in [2.45, 2.75) is 32.2 Å². The fourth-order valence-corrected chi connectivity index (χ4v) is 2.45. The maximum absolute atomic E-state index is 11.8. The maximum atomic E-state index is 11.8. The summed E-state index contributed by atoms with van der Waals surface area (Å²) in [6, 6.07) is 3.66. The van der Waals surface area contributed by atoms with Gasteiger partial charge in [-0.3, -0.25) is 4.79 Å². The average molecular weight is 288 g/mol. The molecule has 1 atom stereocenters. The minimum absolute atomic E-state index is 0.0644. The van der Waals surface area contributed by atoms with E-state index in [4.69, 9.17) is 16.7 Å². The summed E-state index contributed by atoms with van der Waals surface area (Å²) < 4.78 is 0.703. The van der Waals surface area contributed by atoms with E-state index >= 15 is 0 Å². The highest BCUT2D eigenvalue weighted by atomic mass is 35.5. The van der Waals surface area contributed by atoms with Crippen LogP contribution in [-0.2, 0) is 4.79 Å². The van der Waals surface area contributed by atoms with E-state index in [-0.39, 0.29) is 18.1 Å². The summed E-state index contributed by atoms with van der Waals surface area (Å²) in [7, 11) is 0. The zero-order chi connectivity index (χ0) is 13.6. The first-order chi connectivity index (χ1) is 8.49. The quantitative estimate of drug-likeness (QED) is 0.790. The molecule has 1 aromatic heterocycles. The van der Waals surface area contributed by atoms with Crippen molar-refractivity contribution in [1.29, 1.82) is 0 Å². The third kappa shape index (κ3) is 4.80. The van der Waals surface area contributed by atoms with Crippen molar-refractivity contribution in [2.24, 2.45) is 0 Å². The molecule has 1 heterocycles. The third-order valence-electron chi connectivity index (χ3n) is 2.86. The Morgan fingerprint density at radius 2 is 2.33 bits per heavy atom. The van der Waals surface area contributed by atoms with E-state index < -0.39 is 0 Å². The van der Waals surface area contributed by atoms with Crippen LogP contribution in [0.3, 0.4) is 0 Å². The molecule has 18 heavy (non-hydrogen) atoms. The Hall–Kier alpha value is -0.840. The van der Waals surface area contributed by atoms with Gasteiger partial charge in [0.25, 0.3) is 0 Å². The van der Waals surface area contributed by atoms with Crippen LogP contribution in [0.15, 0.2) is 18.2 Å². The van der Waals surface area contributed by atoms with E-state index in [1.807, 2.05) is 19.9 Å². The topological polar surface area (TPSA) is 49.3 Å². The van der Waals surface area contributed by atoms with Gasteiger partial charge in [0.05, 0.1) is 4.34 Å². The van der Waals surface area contributed by atoms with Crippen LogP contribution < -0.4 is 5.32 Å². The van der Waals surface area contributed by atoms with Crippen molar-refractivity contribution in [3.63, 3.8) is 0 Å². The van der Waals surface area contributed by atoms with Crippen molar-refractivity contribution < 1.29 is 9.90 Å². The number of carbonyl (C=O) groups is 1. The second kappa shape index (κ2) is 6.92. The number of rotatable bonds is 6. The summed E-state index contributed by atoms with van der Waals surface area (Å²) in [6.45, 7) is 3.98. The molecule has 0 aliphatic heterocycles. The maximum Gasteiger partial charge on any atom is 0.244 e. The Morgan fingerprint density at radius 3 is 2.83 bits per heavy atom. The van der Waals surface area contributed by atoms with Gasteiger partial charge in [-0.15, -0.1) is 11.3 Å². The molecule has 100 valence electrons. The Balaban J connectivity index is 2.58. The lowest BCUT2D eigenvalue weighted by atomic mass is 9.95. The van der Waals surface area contributed by atoms with Crippen LogP contribution in [0.4, 0.5) is 0 Å². The largest absolute Gasteiger partial charge is 0.396 e. The summed E-state index contributed by atoms with van der Waals surface area (Å²) in [4.78, 5) is 12.7. The summed E-state index contributed by atoms with van der Waals surface area (Å²) >= 11 is 7.22. The first kappa shape index (κ1) is 15.2. The number of halogens is 1. The Bertz CT molecular complexity index is 430. The standard InChI is InChI=1S/C13H18ClNO2S/c1-3-13(2,8-9-16)15-12(17)7-5-10-4-6-11(14)18-10/h4-7,16H,3,8-9H2,1-2H3,(H,15,17)/b7-5+. The van der Waals surface area contributed by atoms with E-state index in [9.17, 15) is 4.79 Å². The van der Waals surface area contributed by atoms with Gasteiger partial charge in [0.1, 0.15) is 0 Å². The SMILES string of the molecule is CCC(C)(CCO)NC(=O)/C=C/c1ccc(Cl)s1. The van der Waals surface area contributed by atoms with Crippen LogP contribution in [0.5, 0.6) is 0 Å². The van der Waals surface area contributed by atoms with E-state index in [2.05, 4.69) is 5.32 Å². The number of aliphatic hydroxyl groups is 1. The molecule has 3 nitrogen and oxygen atoms in total. The molecule has 5 heteroatoms. The normalized spacial score (nSPS) is 14.7. The van der Waals surface area contributed by atoms with Gasteiger partial charge in [0.15, 0.2) is 0 Å². The molecule has 0 saturated carbocycles. The Labute approximate surface area is 116 Å². The lowest BCUT2D eigenvalue weighted by molar-refractivity contribution is -0.118. The molecule has 0 fully saturated rings. The fourth-order valence-electron chi connectivity index (χ4n) is 1.49. The van der Waals surface area contributed by atoms with Gasteiger partial charge in [-0.05, 0) is 38.0 Å². The molecule has 1 amide bonds. The molecule has 0 aliphatic carbocycles. The number of amides is 1. The zero-order valence-corrected chi connectivity index (χ0v) is 12.1. The van der Waals surface area contributed by atoms with Crippen LogP contribution >= 0.6 is 22.9 Å². The summed E-state index contributed by atoms with van der Waals surface area (Å²) in [5, 5.41) is 11.9. The van der Waals surface area contributed by atoms with E-state index in [0.717, 1.165) is 11.3 Å². The lowest BCUT2D eigenvalue weighted by Crippen LogP contribution is -2.45. The number of aliphatic hydroxyl groups excluding tert-OH is 1. The number of hydrogen-bond acceptors (Lipinski definition) is 3. The van der Waals surface area contributed by atoms with Crippen molar-refractivity contribution >= 4 is 34.9 Å². The number of hydrogen-bond donors (Lipinski definition) is 2. The number of nitrogens with one attached hydrogen (secondary N) is 1. The predicted molar refractivity (Wildman–Crippen MR) is 76.9 cm³/mol. The van der Waals surface area contributed by atoms with Gasteiger partial charge in [-0.25, -0.2) is 0 Å². The molecule has 0 aromatic carbocycles. The highest BCUT2D eigenvalue weighted by Gasteiger charge is 2.22. The van der Waals surface area contributed by atoms with Gasteiger partial charge in [0, 0.05) is 23.1 Å². The molecule has 1 aromatic rings. The fraction of sp³-hybridized carbons (Fsp3) is 0.462. The van der Waals surface area contributed by atoms with Crippen molar-refractivity contribution in [2.75, 3.05) is 6.61 Å². The van der Waals surface area contributed by atoms with Gasteiger partial charge in [-0.1, -0.05) is 18.5 Å². The van der Waals surface area contributed by atoms with Crippen LogP contribution in [-0.4, -0.2) is 23.2 Å². The smallest absolute Gasteiger partial charge is 0.244 e. The van der Waals surface area contributed by atoms with E-state index in [1.165, 1.54) is 17.4 Å². The van der Waals surface area contributed by atoms with Crippen LogP contribution in [0.1, 0.15) is 31.6 Å². The summed E-state index contributed by atoms with van der Waals surface area (Å²) in [6.07, 6.45) is 4.56. The van der Waals surface area contributed by atoms with Gasteiger partial charge in [-0.2, -0.15) is 0 Å². The van der Waals surface area contributed by atoms with Gasteiger partial charge < -0.3 is 10.4 Å². The second-order valence-electron chi connectivity index (χ2n) is 4.35. The Kier molecular flexibility index (Phi) is 5.85. The highest BCUT2D eigenvalue weighted by molar-refractivity contribution is 7.17. The molecule has 0 radical (unpaired) electrons. The summed E-state index contributed by atoms with van der Waals surface area (Å²) in [5.74, 6) is -0.155. The molecule has 1 unspecified atom stereocenters. The average Bonchev–Trinajstić information content (AvgIpc) is 2.73. The number of carbonyl (C=O) groups excluding carboxylic acids is 1. The van der Waals surface area contributed by atoms with Crippen molar-refractivity contribution in [3.8, 4) is 0 Å².